The van der Waals surface area contributed by atoms with Crippen LogP contribution in [0.3, 0.4) is 0 Å². The minimum atomic E-state index is -2.55. The summed E-state index contributed by atoms with van der Waals surface area (Å²) in [5.74, 6) is 0. The Labute approximate surface area is 329 Å². The zero-order chi connectivity index (χ0) is 37.0. The third-order valence-corrected chi connectivity index (χ3v) is 19.2. The summed E-state index contributed by atoms with van der Waals surface area (Å²) in [7, 11) is -5.11. The third-order valence-electron chi connectivity index (χ3n) is 10.7. The molecule has 4 aliphatic rings. The van der Waals surface area contributed by atoms with E-state index in [2.05, 4.69) is 115 Å². The third kappa shape index (κ3) is 7.28. The van der Waals surface area contributed by atoms with Gasteiger partial charge in [0.25, 0.3) is 0 Å². The summed E-state index contributed by atoms with van der Waals surface area (Å²) in [6, 6.07) is 27.7. The molecule has 11 nitrogen and oxygen atoms in total. The van der Waals surface area contributed by atoms with Gasteiger partial charge < -0.3 is 23.3 Å². The summed E-state index contributed by atoms with van der Waals surface area (Å²) in [4.78, 5) is 1.16. The van der Waals surface area contributed by atoms with Crippen LogP contribution < -0.4 is 10.6 Å². The zero-order valence-electron chi connectivity index (χ0n) is 30.9. The van der Waals surface area contributed by atoms with Crippen LogP contribution in [0.4, 0.5) is 0 Å². The maximum atomic E-state index is 6.53. The Morgan fingerprint density at radius 1 is 0.519 bits per heavy atom. The second-order valence-corrected chi connectivity index (χ2v) is 20.4. The number of fused-ring (bicyclic) bond motifs is 1. The maximum Gasteiger partial charge on any atom is 0.152 e. The van der Waals surface area contributed by atoms with E-state index in [1.54, 1.807) is 0 Å². The molecule has 2 aromatic heterocycles. The van der Waals surface area contributed by atoms with Crippen LogP contribution in [0, 0.1) is 6.92 Å². The maximum absolute atomic E-state index is 6.53. The molecule has 0 atom stereocenters. The van der Waals surface area contributed by atoms with Gasteiger partial charge in [-0.05, 0) is 24.6 Å². The highest BCUT2D eigenvalue weighted by Crippen LogP contribution is 2.58. The van der Waals surface area contributed by atoms with Gasteiger partial charge in [0.2, 0.25) is 0 Å². The Hall–Kier alpha value is -2.48. The lowest BCUT2D eigenvalue weighted by Crippen LogP contribution is -2.46. The average molecular weight is 806 g/mol. The van der Waals surface area contributed by atoms with Gasteiger partial charge in [-0.3, -0.25) is 0 Å². The van der Waals surface area contributed by atoms with E-state index in [0.29, 0.717) is 62.8 Å². The van der Waals surface area contributed by atoms with Crippen LogP contribution in [0.5, 0.6) is 0 Å². The fourth-order valence-corrected chi connectivity index (χ4v) is 16.9. The Bertz CT molecular complexity index is 1870. The van der Waals surface area contributed by atoms with Crippen LogP contribution >= 0.6 is 39.1 Å². The average Bonchev–Trinajstić information content (AvgIpc) is 3.55. The fourth-order valence-electron chi connectivity index (χ4n) is 8.18. The SMILES string of the molecule is Cc1c(C(=S)N=P(c2ccccc2)(N2CCOCC2)N2CCOCC2)c2ccccn2c1C(=S)N=P(c1ccccc1)(N1CCOCC1)N1CCOCC1. The van der Waals surface area contributed by atoms with Crippen LogP contribution in [-0.2, 0) is 18.9 Å². The number of hydrogen-bond acceptors (Lipinski definition) is 6. The van der Waals surface area contributed by atoms with Gasteiger partial charge in [0, 0.05) is 74.7 Å². The van der Waals surface area contributed by atoms with Crippen molar-refractivity contribution in [1.29, 1.82) is 0 Å². The summed E-state index contributed by atoms with van der Waals surface area (Å²) in [6.45, 7) is 13.7. The second-order valence-electron chi connectivity index (χ2n) is 13.7. The van der Waals surface area contributed by atoms with Gasteiger partial charge >= 0.3 is 0 Å². The van der Waals surface area contributed by atoms with E-state index in [4.69, 9.17) is 52.9 Å². The summed E-state index contributed by atoms with van der Waals surface area (Å²) in [5, 5.41) is 2.38. The number of ether oxygens (including phenoxy) is 4. The summed E-state index contributed by atoms with van der Waals surface area (Å²) < 4.78 is 47.5. The first-order valence-corrected chi connectivity index (χ1v) is 23.0. The lowest BCUT2D eigenvalue weighted by atomic mass is 10.1. The van der Waals surface area contributed by atoms with Crippen LogP contribution in [0.1, 0.15) is 16.8 Å². The number of benzene rings is 2. The molecule has 4 aliphatic heterocycles. The first kappa shape index (κ1) is 38.4. The first-order valence-electron chi connectivity index (χ1n) is 18.9. The van der Waals surface area contributed by atoms with E-state index in [1.807, 2.05) is 0 Å². The van der Waals surface area contributed by atoms with Crippen molar-refractivity contribution in [3.8, 4) is 0 Å². The van der Waals surface area contributed by atoms with Crippen molar-refractivity contribution in [2.24, 2.45) is 9.49 Å². The number of nitrogens with zero attached hydrogens (tertiary/aromatic N) is 7. The summed E-state index contributed by atoms with van der Waals surface area (Å²) in [6.07, 6.45) is 2.08. The molecule has 54 heavy (non-hydrogen) atoms. The van der Waals surface area contributed by atoms with Crippen LogP contribution in [0.15, 0.2) is 94.5 Å². The molecule has 0 spiro atoms. The number of pyridine rings is 1. The van der Waals surface area contributed by atoms with E-state index in [1.165, 1.54) is 10.6 Å². The lowest BCUT2D eigenvalue weighted by molar-refractivity contribution is 0.0578. The molecule has 0 unspecified atom stereocenters. The Kier molecular flexibility index (Phi) is 12.3. The van der Waals surface area contributed by atoms with Crippen molar-refractivity contribution < 1.29 is 18.9 Å². The number of hydrogen-bond donors (Lipinski definition) is 0. The molecule has 0 amide bonds. The monoisotopic (exact) mass is 805 g/mol. The summed E-state index contributed by atoms with van der Waals surface area (Å²) in [5.41, 5.74) is 3.79. The molecular weight excluding hydrogens is 757 g/mol. The molecule has 286 valence electrons. The highest BCUT2D eigenvalue weighted by Gasteiger charge is 2.41. The van der Waals surface area contributed by atoms with Crippen molar-refractivity contribution in [2.75, 3.05) is 105 Å². The smallest absolute Gasteiger partial charge is 0.152 e. The van der Waals surface area contributed by atoms with Crippen molar-refractivity contribution in [1.82, 2.24) is 23.1 Å². The van der Waals surface area contributed by atoms with Crippen LogP contribution in [0.2, 0.25) is 0 Å². The number of morpholine rings is 4. The zero-order valence-corrected chi connectivity index (χ0v) is 34.3. The van der Waals surface area contributed by atoms with E-state index in [9.17, 15) is 0 Å². The molecule has 4 saturated heterocycles. The molecule has 0 radical (unpaired) electrons. The number of aromatic nitrogens is 1. The normalized spacial score (nSPS) is 20.2. The standard InChI is InChI=1S/C39H49N7O4P2S2/c1-32-36(38(53)40-51(33-10-4-2-5-11-33,42-16-24-47-25-17-42)43-18-26-48-27-19-43)35-14-8-9-15-46(35)37(32)39(54)41-52(34-12-6-3-7-13-34,44-20-28-49-29-21-44)45-22-30-50-31-23-45/h2-15H,16-31H2,1H3. The van der Waals surface area contributed by atoms with Gasteiger partial charge in [0.1, 0.15) is 19.7 Å². The number of thiocarbonyl (C=S) groups is 2. The van der Waals surface area contributed by atoms with Gasteiger partial charge in [-0.1, -0.05) is 91.2 Å². The van der Waals surface area contributed by atoms with Crippen molar-refractivity contribution in [2.45, 2.75) is 6.92 Å². The topological polar surface area (TPSA) is 79.0 Å². The quantitative estimate of drug-likeness (QED) is 0.165. The minimum absolute atomic E-state index is 0.573. The van der Waals surface area contributed by atoms with Crippen molar-refractivity contribution >= 4 is 65.3 Å². The molecule has 2 aromatic carbocycles. The van der Waals surface area contributed by atoms with Crippen LogP contribution in [0.25, 0.3) is 5.52 Å². The molecule has 4 aromatic rings. The van der Waals surface area contributed by atoms with Gasteiger partial charge in [0.15, 0.2) is 4.99 Å². The van der Waals surface area contributed by atoms with Crippen molar-refractivity contribution in [3.05, 3.63) is 102 Å². The Morgan fingerprint density at radius 3 is 1.30 bits per heavy atom. The fraction of sp³-hybridized carbons (Fsp3) is 0.436. The molecule has 0 N–H and O–H groups in total. The van der Waals surface area contributed by atoms with Gasteiger partial charge in [-0.2, -0.15) is 0 Å². The minimum Gasteiger partial charge on any atom is -0.379 e. The predicted octanol–water partition coefficient (Wildman–Crippen LogP) is 5.64. The van der Waals surface area contributed by atoms with E-state index in [-0.39, 0.29) is 0 Å². The largest absolute Gasteiger partial charge is 0.379 e. The number of rotatable bonds is 8. The lowest BCUT2D eigenvalue weighted by Gasteiger charge is -2.46. The highest BCUT2D eigenvalue weighted by atomic mass is 32.1. The highest BCUT2D eigenvalue weighted by molar-refractivity contribution is 7.82. The summed E-state index contributed by atoms with van der Waals surface area (Å²) >= 11 is 13.1. The molecule has 15 heteroatoms. The second kappa shape index (κ2) is 17.3. The van der Waals surface area contributed by atoms with Crippen LogP contribution in [-0.4, -0.2) is 138 Å². The van der Waals surface area contributed by atoms with E-state index in [0.717, 1.165) is 74.7 Å². The predicted molar refractivity (Wildman–Crippen MR) is 226 cm³/mol. The van der Waals surface area contributed by atoms with Gasteiger partial charge in [-0.25, -0.2) is 28.2 Å². The van der Waals surface area contributed by atoms with Crippen molar-refractivity contribution in [3.63, 3.8) is 0 Å². The molecular formula is C39H49N7O4P2S2. The molecule has 0 bridgehead atoms. The molecule has 0 saturated carbocycles. The van der Waals surface area contributed by atoms with E-state index < -0.39 is 14.7 Å². The first-order chi connectivity index (χ1) is 26.5. The molecule has 8 rings (SSSR count). The molecule has 6 heterocycles. The van der Waals surface area contributed by atoms with Gasteiger partial charge in [0.05, 0.1) is 64.1 Å². The molecule has 0 aliphatic carbocycles. The Morgan fingerprint density at radius 2 is 0.889 bits per heavy atom. The van der Waals surface area contributed by atoms with Gasteiger partial charge in [-0.15, -0.1) is 0 Å². The van der Waals surface area contributed by atoms with E-state index >= 15 is 0 Å². The molecule has 4 fully saturated rings. The Balaban J connectivity index is 1.32.